The molecule has 6 nitrogen and oxygen atoms in total. The van der Waals surface area contributed by atoms with Crippen LogP contribution in [0.4, 0.5) is 0 Å². The van der Waals surface area contributed by atoms with Crippen LogP contribution in [0.1, 0.15) is 30.2 Å². The number of carbonyl (C=O) groups excluding carboxylic acids is 1. The van der Waals surface area contributed by atoms with Crippen molar-refractivity contribution in [2.45, 2.75) is 26.6 Å². The Hall–Kier alpha value is -1.63. The van der Waals surface area contributed by atoms with Crippen LogP contribution in [0.5, 0.6) is 0 Å². The van der Waals surface area contributed by atoms with E-state index < -0.39 is 6.10 Å². The molecule has 0 saturated carbocycles. The van der Waals surface area contributed by atoms with Gasteiger partial charge in [-0.3, -0.25) is 9.69 Å². The summed E-state index contributed by atoms with van der Waals surface area (Å²) < 4.78 is 5.28. The molecule has 6 heteroatoms. The van der Waals surface area contributed by atoms with Crippen molar-refractivity contribution in [3.63, 3.8) is 0 Å². The van der Waals surface area contributed by atoms with Gasteiger partial charge in [0.2, 0.25) is 0 Å². The van der Waals surface area contributed by atoms with Gasteiger partial charge in [0, 0.05) is 32.7 Å². The number of amides is 1. The van der Waals surface area contributed by atoms with Crippen molar-refractivity contribution >= 4 is 5.91 Å². The molecule has 0 aromatic carbocycles. The lowest BCUT2D eigenvalue weighted by Crippen LogP contribution is -2.37. The van der Waals surface area contributed by atoms with Gasteiger partial charge in [-0.05, 0) is 26.0 Å². The molecule has 1 aliphatic heterocycles. The van der Waals surface area contributed by atoms with Crippen LogP contribution < -0.4 is 0 Å². The summed E-state index contributed by atoms with van der Waals surface area (Å²) in [6.45, 7) is 6.72. The van der Waals surface area contributed by atoms with E-state index in [4.69, 9.17) is 9.52 Å². The molecule has 0 radical (unpaired) electrons. The Bertz CT molecular complexity index is 534. The second-order valence-corrected chi connectivity index (χ2v) is 5.87. The summed E-state index contributed by atoms with van der Waals surface area (Å²) in [5.41, 5.74) is 1.23. The molecule has 1 aromatic rings. The van der Waals surface area contributed by atoms with Crippen molar-refractivity contribution in [1.29, 1.82) is 0 Å². The second-order valence-electron chi connectivity index (χ2n) is 5.87. The van der Waals surface area contributed by atoms with Crippen LogP contribution >= 0.6 is 0 Å². The topological polar surface area (TPSA) is 77.2 Å². The van der Waals surface area contributed by atoms with Gasteiger partial charge in [-0.2, -0.15) is 0 Å². The fourth-order valence-electron chi connectivity index (χ4n) is 2.45. The summed E-state index contributed by atoms with van der Waals surface area (Å²) in [7, 11) is 0. The average Bonchev–Trinajstić information content (AvgIpc) is 2.88. The number of allylic oxidation sites excluding steroid dienone is 1. The largest absolute Gasteiger partial charge is 0.453 e. The predicted molar refractivity (Wildman–Crippen MR) is 82.4 cm³/mol. The Balaban J connectivity index is 2.00. The van der Waals surface area contributed by atoms with Gasteiger partial charge >= 0.3 is 0 Å². The maximum atomic E-state index is 12.4. The molecule has 1 amide bonds. The molecule has 0 aliphatic carbocycles. The van der Waals surface area contributed by atoms with Crippen molar-refractivity contribution < 1.29 is 19.4 Å². The third-order valence-electron chi connectivity index (χ3n) is 3.66. The first kappa shape index (κ1) is 16.7. The minimum Gasteiger partial charge on any atom is -0.453 e. The highest BCUT2D eigenvalue weighted by molar-refractivity contribution is 5.91. The van der Waals surface area contributed by atoms with E-state index in [0.717, 1.165) is 6.54 Å². The molecule has 122 valence electrons. The molecule has 1 aliphatic rings. The zero-order valence-electron chi connectivity index (χ0n) is 13.2. The third-order valence-corrected chi connectivity index (χ3v) is 3.66. The molecule has 2 heterocycles. The number of nitrogens with zero attached hydrogens (tertiary/aromatic N) is 2. The van der Waals surface area contributed by atoms with Crippen LogP contribution in [0.3, 0.4) is 0 Å². The SMILES string of the molecule is CC(C)=CCN1CCN(C(=O)c2ccc(CO)o2)C[C@H](O)C1. The highest BCUT2D eigenvalue weighted by Gasteiger charge is 2.26. The first-order chi connectivity index (χ1) is 10.5. The molecule has 0 spiro atoms. The van der Waals surface area contributed by atoms with Crippen LogP contribution in [-0.4, -0.2) is 64.7 Å². The molecule has 22 heavy (non-hydrogen) atoms. The van der Waals surface area contributed by atoms with E-state index in [-0.39, 0.29) is 18.3 Å². The van der Waals surface area contributed by atoms with Gasteiger partial charge in [-0.1, -0.05) is 11.6 Å². The number of carbonyl (C=O) groups is 1. The fourth-order valence-corrected chi connectivity index (χ4v) is 2.45. The van der Waals surface area contributed by atoms with E-state index in [1.165, 1.54) is 5.57 Å². The molecule has 2 rings (SSSR count). The van der Waals surface area contributed by atoms with E-state index in [1.54, 1.807) is 17.0 Å². The Morgan fingerprint density at radius 1 is 1.36 bits per heavy atom. The maximum Gasteiger partial charge on any atom is 0.289 e. The number of furan rings is 1. The van der Waals surface area contributed by atoms with Gasteiger partial charge in [0.15, 0.2) is 5.76 Å². The minimum atomic E-state index is -0.579. The van der Waals surface area contributed by atoms with Crippen LogP contribution in [0.2, 0.25) is 0 Å². The molecular formula is C16H24N2O4. The van der Waals surface area contributed by atoms with Crippen molar-refractivity contribution in [2.24, 2.45) is 0 Å². The van der Waals surface area contributed by atoms with E-state index in [0.29, 0.717) is 31.9 Å². The van der Waals surface area contributed by atoms with E-state index >= 15 is 0 Å². The molecule has 1 aromatic heterocycles. The first-order valence-electron chi connectivity index (χ1n) is 7.52. The number of rotatable bonds is 4. The van der Waals surface area contributed by atoms with Crippen LogP contribution in [0, 0.1) is 0 Å². The van der Waals surface area contributed by atoms with Crippen molar-refractivity contribution in [3.8, 4) is 0 Å². The van der Waals surface area contributed by atoms with Gasteiger partial charge in [-0.25, -0.2) is 0 Å². The predicted octanol–water partition coefficient (Wildman–Crippen LogP) is 0.857. The van der Waals surface area contributed by atoms with Crippen molar-refractivity contribution in [1.82, 2.24) is 9.80 Å². The molecular weight excluding hydrogens is 284 g/mol. The minimum absolute atomic E-state index is 0.203. The highest BCUT2D eigenvalue weighted by atomic mass is 16.4. The number of β-amino-alcohol motifs (C(OH)–C–C–N with tert-alkyl or cyclic N) is 1. The zero-order valence-corrected chi connectivity index (χ0v) is 13.2. The Morgan fingerprint density at radius 3 is 2.77 bits per heavy atom. The van der Waals surface area contributed by atoms with Gasteiger partial charge < -0.3 is 19.5 Å². The quantitative estimate of drug-likeness (QED) is 0.807. The van der Waals surface area contributed by atoms with Gasteiger partial charge in [-0.15, -0.1) is 0 Å². The Morgan fingerprint density at radius 2 is 2.14 bits per heavy atom. The summed E-state index contributed by atoms with van der Waals surface area (Å²) in [6.07, 6.45) is 1.54. The van der Waals surface area contributed by atoms with Gasteiger partial charge in [0.1, 0.15) is 12.4 Å². The number of hydrogen-bond donors (Lipinski definition) is 2. The third kappa shape index (κ3) is 4.43. The lowest BCUT2D eigenvalue weighted by Gasteiger charge is -2.20. The molecule has 1 atom stereocenters. The smallest absolute Gasteiger partial charge is 0.289 e. The number of hydrogen-bond acceptors (Lipinski definition) is 5. The van der Waals surface area contributed by atoms with Crippen molar-refractivity contribution in [3.05, 3.63) is 35.3 Å². The van der Waals surface area contributed by atoms with Crippen LogP contribution in [-0.2, 0) is 6.61 Å². The highest BCUT2D eigenvalue weighted by Crippen LogP contribution is 2.13. The lowest BCUT2D eigenvalue weighted by molar-refractivity contribution is 0.0632. The summed E-state index contributed by atoms with van der Waals surface area (Å²) in [5, 5.41) is 19.1. The van der Waals surface area contributed by atoms with E-state index in [1.807, 2.05) is 13.8 Å². The molecule has 0 bridgehead atoms. The maximum absolute atomic E-state index is 12.4. The normalized spacial score (nSPS) is 19.8. The zero-order chi connectivity index (χ0) is 16.1. The van der Waals surface area contributed by atoms with E-state index in [9.17, 15) is 9.90 Å². The van der Waals surface area contributed by atoms with Crippen molar-refractivity contribution in [2.75, 3.05) is 32.7 Å². The standard InChI is InChI=1S/C16H24N2O4/c1-12(2)5-6-17-7-8-18(10-13(20)9-17)16(21)15-4-3-14(11-19)22-15/h3-5,13,19-20H,6-11H2,1-2H3/t13-/m1/s1. The lowest BCUT2D eigenvalue weighted by atomic mass is 10.3. The number of aliphatic hydroxyl groups excluding tert-OH is 2. The van der Waals surface area contributed by atoms with Gasteiger partial charge in [0.25, 0.3) is 5.91 Å². The fraction of sp³-hybridized carbons (Fsp3) is 0.562. The average molecular weight is 308 g/mol. The first-order valence-corrected chi connectivity index (χ1v) is 7.52. The summed E-state index contributed by atoms with van der Waals surface area (Å²) in [4.78, 5) is 16.1. The molecule has 2 N–H and O–H groups in total. The Labute approximate surface area is 130 Å². The van der Waals surface area contributed by atoms with Crippen LogP contribution in [0.25, 0.3) is 0 Å². The second kappa shape index (κ2) is 7.58. The molecule has 0 unspecified atom stereocenters. The summed E-state index contributed by atoms with van der Waals surface area (Å²) in [6, 6.07) is 3.15. The Kier molecular flexibility index (Phi) is 5.76. The van der Waals surface area contributed by atoms with E-state index in [2.05, 4.69) is 11.0 Å². The number of aliphatic hydroxyl groups is 2. The summed E-state index contributed by atoms with van der Waals surface area (Å²) in [5.74, 6) is 0.320. The molecule has 1 fully saturated rings. The summed E-state index contributed by atoms with van der Waals surface area (Å²) >= 11 is 0. The van der Waals surface area contributed by atoms with Gasteiger partial charge in [0.05, 0.1) is 6.10 Å². The monoisotopic (exact) mass is 308 g/mol. The molecule has 1 saturated heterocycles. The van der Waals surface area contributed by atoms with Crippen LogP contribution in [0.15, 0.2) is 28.2 Å².